The van der Waals surface area contributed by atoms with Gasteiger partial charge in [-0.15, -0.1) is 0 Å². The first-order valence-corrected chi connectivity index (χ1v) is 11.0. The number of hydrogen-bond acceptors (Lipinski definition) is 5. The molecule has 1 aliphatic heterocycles. The predicted molar refractivity (Wildman–Crippen MR) is 124 cm³/mol. The smallest absolute Gasteiger partial charge is 0.336 e. The summed E-state index contributed by atoms with van der Waals surface area (Å²) in [4.78, 5) is 26.2. The van der Waals surface area contributed by atoms with Crippen molar-refractivity contribution in [3.8, 4) is 5.75 Å². The molecular weight excluding hydrogens is 449 g/mol. The lowest BCUT2D eigenvalue weighted by atomic mass is 9.71. The Kier molecular flexibility index (Phi) is 6.31. The number of hydrogen-bond donors (Lipinski definition) is 1. The van der Waals surface area contributed by atoms with E-state index in [1.54, 1.807) is 25.3 Å². The Morgan fingerprint density at radius 1 is 1.06 bits per heavy atom. The second-order valence-corrected chi connectivity index (χ2v) is 8.71. The molecule has 0 fully saturated rings. The van der Waals surface area contributed by atoms with Crippen LogP contribution in [0.5, 0.6) is 5.75 Å². The van der Waals surface area contributed by atoms with Gasteiger partial charge in [0.1, 0.15) is 5.75 Å². The second-order valence-electron chi connectivity index (χ2n) is 7.93. The molecule has 1 aliphatic carbocycles. The monoisotopic (exact) mass is 471 g/mol. The second kappa shape index (κ2) is 9.00. The van der Waals surface area contributed by atoms with Crippen LogP contribution in [0.4, 0.5) is 0 Å². The molecule has 5 nitrogen and oxygen atoms in total. The molecular formula is C25H23Cl2NO4. The lowest BCUT2D eigenvalue weighted by Gasteiger charge is -2.37. The Morgan fingerprint density at radius 2 is 1.78 bits per heavy atom. The van der Waals surface area contributed by atoms with Crippen LogP contribution in [0, 0.1) is 0 Å². The van der Waals surface area contributed by atoms with E-state index in [9.17, 15) is 9.59 Å². The number of benzene rings is 2. The van der Waals surface area contributed by atoms with Crippen molar-refractivity contribution in [3.63, 3.8) is 0 Å². The molecule has 0 aromatic heterocycles. The molecule has 2 aromatic carbocycles. The van der Waals surface area contributed by atoms with Crippen molar-refractivity contribution in [3.05, 3.63) is 86.2 Å². The first kappa shape index (κ1) is 22.4. The summed E-state index contributed by atoms with van der Waals surface area (Å²) in [6.07, 6.45) is 0.961. The number of carbonyl (C=O) groups is 2. The lowest BCUT2D eigenvalue weighted by molar-refractivity contribution is -0.136. The van der Waals surface area contributed by atoms with E-state index in [-0.39, 0.29) is 11.7 Å². The number of methoxy groups -OCH3 is 2. The molecule has 2 aliphatic rings. The van der Waals surface area contributed by atoms with E-state index in [1.165, 1.54) is 7.11 Å². The van der Waals surface area contributed by atoms with E-state index in [1.807, 2.05) is 31.2 Å². The zero-order valence-electron chi connectivity index (χ0n) is 18.0. The lowest BCUT2D eigenvalue weighted by Crippen LogP contribution is -2.36. The molecule has 0 radical (unpaired) electrons. The molecule has 0 amide bonds. The van der Waals surface area contributed by atoms with Crippen LogP contribution in [0.25, 0.3) is 0 Å². The maximum absolute atomic E-state index is 13.5. The molecule has 0 spiro atoms. The number of ketones is 1. The van der Waals surface area contributed by atoms with Crippen molar-refractivity contribution < 1.29 is 19.1 Å². The molecule has 1 N–H and O–H groups in total. The predicted octanol–water partition coefficient (Wildman–Crippen LogP) is 5.54. The Bertz CT molecular complexity index is 1150. The number of nitrogens with one attached hydrogen (secondary N) is 1. The average Bonchev–Trinajstić information content (AvgIpc) is 2.79. The minimum Gasteiger partial charge on any atom is -0.497 e. The minimum atomic E-state index is -0.644. The van der Waals surface area contributed by atoms with Crippen molar-refractivity contribution >= 4 is 35.0 Å². The first-order valence-electron chi connectivity index (χ1n) is 10.3. The maximum atomic E-state index is 13.5. The average molecular weight is 472 g/mol. The molecule has 0 unspecified atom stereocenters. The largest absolute Gasteiger partial charge is 0.497 e. The Labute approximate surface area is 197 Å². The van der Waals surface area contributed by atoms with Crippen LogP contribution in [0.1, 0.15) is 42.7 Å². The maximum Gasteiger partial charge on any atom is 0.336 e. The minimum absolute atomic E-state index is 0.0163. The van der Waals surface area contributed by atoms with Gasteiger partial charge in [0, 0.05) is 29.3 Å². The third-order valence-electron chi connectivity index (χ3n) is 6.11. The molecule has 7 heteroatoms. The van der Waals surface area contributed by atoms with Crippen LogP contribution in [-0.2, 0) is 14.3 Å². The van der Waals surface area contributed by atoms with E-state index >= 15 is 0 Å². The molecule has 32 heavy (non-hydrogen) atoms. The highest BCUT2D eigenvalue weighted by molar-refractivity contribution is 6.42. The number of allylic oxidation sites excluding steroid dienone is 3. The number of rotatable bonds is 4. The summed E-state index contributed by atoms with van der Waals surface area (Å²) < 4.78 is 10.3. The van der Waals surface area contributed by atoms with Gasteiger partial charge in [-0.3, -0.25) is 4.79 Å². The normalized spacial score (nSPS) is 20.6. The Morgan fingerprint density at radius 3 is 2.44 bits per heavy atom. The van der Waals surface area contributed by atoms with Gasteiger partial charge in [-0.1, -0.05) is 47.5 Å². The molecule has 0 bridgehead atoms. The van der Waals surface area contributed by atoms with Crippen LogP contribution < -0.4 is 10.1 Å². The summed E-state index contributed by atoms with van der Waals surface area (Å²) >= 11 is 12.8. The summed E-state index contributed by atoms with van der Waals surface area (Å²) in [7, 11) is 2.95. The molecule has 4 rings (SSSR count). The van der Waals surface area contributed by atoms with Gasteiger partial charge in [-0.05, 0) is 48.6 Å². The quantitative estimate of drug-likeness (QED) is 0.593. The molecule has 2 atom stereocenters. The van der Waals surface area contributed by atoms with Gasteiger partial charge in [-0.2, -0.15) is 0 Å². The highest BCUT2D eigenvalue weighted by atomic mass is 35.5. The van der Waals surface area contributed by atoms with Crippen molar-refractivity contribution in [2.24, 2.45) is 0 Å². The third kappa shape index (κ3) is 3.91. The Balaban J connectivity index is 1.81. The van der Waals surface area contributed by atoms with Crippen LogP contribution in [0.2, 0.25) is 10.0 Å². The van der Waals surface area contributed by atoms with Crippen molar-refractivity contribution in [2.45, 2.75) is 31.6 Å². The van der Waals surface area contributed by atoms with Gasteiger partial charge in [0.05, 0.1) is 29.8 Å². The van der Waals surface area contributed by atoms with Crippen molar-refractivity contribution in [1.82, 2.24) is 5.32 Å². The highest BCUT2D eigenvalue weighted by Gasteiger charge is 2.42. The summed E-state index contributed by atoms with van der Waals surface area (Å²) in [6, 6.07) is 13.0. The van der Waals surface area contributed by atoms with Gasteiger partial charge >= 0.3 is 5.97 Å². The summed E-state index contributed by atoms with van der Waals surface area (Å²) in [5.41, 5.74) is 4.03. The van der Waals surface area contributed by atoms with Crippen molar-refractivity contribution in [2.75, 3.05) is 14.2 Å². The highest BCUT2D eigenvalue weighted by Crippen LogP contribution is 2.48. The number of carbonyl (C=O) groups excluding carboxylic acids is 2. The summed E-state index contributed by atoms with van der Waals surface area (Å²) in [5, 5.41) is 4.00. The van der Waals surface area contributed by atoms with E-state index in [2.05, 4.69) is 5.32 Å². The van der Waals surface area contributed by atoms with Gasteiger partial charge in [0.25, 0.3) is 0 Å². The zero-order valence-corrected chi connectivity index (χ0v) is 19.5. The first-order chi connectivity index (χ1) is 15.3. The number of esters is 1. The molecule has 1 heterocycles. The SMILES string of the molecule is COC(=O)C1=C(C)NC2=C(C(=O)C[C@@H](c3ccc(OC)cc3)C2)[C@H]1c1cccc(Cl)c1Cl. The fraction of sp³-hybridized carbons (Fsp3) is 0.280. The summed E-state index contributed by atoms with van der Waals surface area (Å²) in [5.74, 6) is -0.400. The van der Waals surface area contributed by atoms with E-state index in [0.29, 0.717) is 45.3 Å². The molecule has 0 saturated heterocycles. The molecule has 0 saturated carbocycles. The van der Waals surface area contributed by atoms with Crippen LogP contribution in [0.15, 0.2) is 65.0 Å². The van der Waals surface area contributed by atoms with Gasteiger partial charge in [0.2, 0.25) is 0 Å². The van der Waals surface area contributed by atoms with Crippen LogP contribution >= 0.6 is 23.2 Å². The standard InChI is InChI=1S/C25H23Cl2NO4/c1-13-21(25(30)32-3)22(17-5-4-6-18(26)24(17)27)23-19(28-13)11-15(12-20(23)29)14-7-9-16(31-2)10-8-14/h4-10,15,22,28H,11-12H2,1-3H3/t15-,22-/m0/s1. The number of ether oxygens (including phenoxy) is 2. The fourth-order valence-electron chi connectivity index (χ4n) is 4.59. The molecule has 2 aromatic rings. The summed E-state index contributed by atoms with van der Waals surface area (Å²) in [6.45, 7) is 1.81. The molecule has 166 valence electrons. The van der Waals surface area contributed by atoms with Gasteiger partial charge < -0.3 is 14.8 Å². The zero-order chi connectivity index (χ0) is 23.0. The Hall–Kier alpha value is -2.76. The van der Waals surface area contributed by atoms with Gasteiger partial charge in [-0.25, -0.2) is 4.79 Å². The fourth-order valence-corrected chi connectivity index (χ4v) is 5.00. The van der Waals surface area contributed by atoms with E-state index < -0.39 is 11.9 Å². The van der Waals surface area contributed by atoms with E-state index in [0.717, 1.165) is 17.0 Å². The number of halogens is 2. The van der Waals surface area contributed by atoms with Gasteiger partial charge in [0.15, 0.2) is 5.78 Å². The van der Waals surface area contributed by atoms with Crippen molar-refractivity contribution in [1.29, 1.82) is 0 Å². The third-order valence-corrected chi connectivity index (χ3v) is 6.95. The number of dihydropyridines is 1. The van der Waals surface area contributed by atoms with E-state index in [4.69, 9.17) is 32.7 Å². The van der Waals surface area contributed by atoms with Crippen LogP contribution in [-0.4, -0.2) is 26.0 Å². The van der Waals surface area contributed by atoms with Crippen LogP contribution in [0.3, 0.4) is 0 Å². The number of Topliss-reactive ketones (excluding diaryl/α,β-unsaturated/α-hetero) is 1. The topological polar surface area (TPSA) is 64.6 Å².